The first-order valence-electron chi connectivity index (χ1n) is 9.44. The van der Waals surface area contributed by atoms with Crippen molar-refractivity contribution in [2.75, 3.05) is 19.6 Å². The third-order valence-corrected chi connectivity index (χ3v) is 4.65. The van der Waals surface area contributed by atoms with E-state index in [0.29, 0.717) is 38.8 Å². The molecule has 160 valence electrons. The van der Waals surface area contributed by atoms with Crippen LogP contribution in [0.5, 0.6) is 0 Å². The fourth-order valence-electron chi connectivity index (χ4n) is 3.14. The second kappa shape index (κ2) is 11.6. The Morgan fingerprint density at radius 1 is 1.18 bits per heavy atom. The lowest BCUT2D eigenvalue weighted by atomic mass is 10.1. The highest BCUT2D eigenvalue weighted by Gasteiger charge is 2.38. The van der Waals surface area contributed by atoms with Gasteiger partial charge in [-0.1, -0.05) is 0 Å². The van der Waals surface area contributed by atoms with Crippen LogP contribution in [0.25, 0.3) is 0 Å². The average molecular weight is 401 g/mol. The number of nitrogens with one attached hydrogen (secondary N) is 2. The summed E-state index contributed by atoms with van der Waals surface area (Å²) in [6.07, 6.45) is 1.15. The third kappa shape index (κ3) is 6.73. The van der Waals surface area contributed by atoms with Gasteiger partial charge in [0, 0.05) is 6.54 Å². The number of unbranched alkanes of at least 4 members (excludes halogenated alkanes) is 1. The minimum Gasteiger partial charge on any atom is -0.480 e. The number of aliphatic carboxylic acids is 1. The first kappa shape index (κ1) is 23.8. The van der Waals surface area contributed by atoms with E-state index >= 15 is 0 Å². The molecule has 3 amide bonds. The smallest absolute Gasteiger partial charge is 0.326 e. The molecule has 0 spiro atoms. The molecular formula is C17H31N5O6. The van der Waals surface area contributed by atoms with E-state index in [9.17, 15) is 29.4 Å². The largest absolute Gasteiger partial charge is 0.480 e. The number of carboxylic acid groups (broad SMARTS) is 1. The van der Waals surface area contributed by atoms with Crippen molar-refractivity contribution in [3.8, 4) is 0 Å². The standard InChI is InChI=1S/C17H31N5O6/c1-10(23)14(21-13(24)9-19)15(25)20-11(5-2-3-7-18)16(26)22-8-4-6-12(22)17(27)28/h10-12,14,23H,2-9,18-19H2,1H3,(H,20,25)(H,21,24)(H,27,28). The molecule has 0 aromatic heterocycles. The SMILES string of the molecule is CC(O)C(NC(=O)CN)C(=O)NC(CCCCN)C(=O)N1CCCC1C(=O)O. The zero-order valence-electron chi connectivity index (χ0n) is 16.1. The van der Waals surface area contributed by atoms with Crippen molar-refractivity contribution in [3.05, 3.63) is 0 Å². The second-order valence-electron chi connectivity index (χ2n) is 6.86. The van der Waals surface area contributed by atoms with Crippen LogP contribution in [0, 0.1) is 0 Å². The van der Waals surface area contributed by atoms with Gasteiger partial charge in [0.1, 0.15) is 18.1 Å². The molecular weight excluding hydrogens is 370 g/mol. The molecule has 0 aromatic rings. The summed E-state index contributed by atoms with van der Waals surface area (Å²) in [7, 11) is 0. The summed E-state index contributed by atoms with van der Waals surface area (Å²) < 4.78 is 0. The fraction of sp³-hybridized carbons (Fsp3) is 0.765. The molecule has 0 aromatic carbocycles. The van der Waals surface area contributed by atoms with E-state index in [2.05, 4.69) is 10.6 Å². The monoisotopic (exact) mass is 401 g/mol. The van der Waals surface area contributed by atoms with Crippen LogP contribution in [0.3, 0.4) is 0 Å². The van der Waals surface area contributed by atoms with Gasteiger partial charge in [-0.25, -0.2) is 4.79 Å². The van der Waals surface area contributed by atoms with Gasteiger partial charge in [0.25, 0.3) is 0 Å². The summed E-state index contributed by atoms with van der Waals surface area (Å²) >= 11 is 0. The Labute approximate surface area is 163 Å². The maximum absolute atomic E-state index is 12.9. The van der Waals surface area contributed by atoms with Gasteiger partial charge in [-0.15, -0.1) is 0 Å². The normalized spacial score (nSPS) is 19.6. The maximum atomic E-state index is 12.9. The Morgan fingerprint density at radius 3 is 2.39 bits per heavy atom. The molecule has 11 heteroatoms. The van der Waals surface area contributed by atoms with E-state index in [-0.39, 0.29) is 13.0 Å². The Balaban J connectivity index is 2.92. The van der Waals surface area contributed by atoms with E-state index < -0.39 is 47.9 Å². The highest BCUT2D eigenvalue weighted by Crippen LogP contribution is 2.20. The number of carbonyl (C=O) groups is 4. The fourth-order valence-corrected chi connectivity index (χ4v) is 3.14. The van der Waals surface area contributed by atoms with Gasteiger partial charge in [-0.3, -0.25) is 14.4 Å². The molecule has 0 radical (unpaired) electrons. The van der Waals surface area contributed by atoms with Crippen LogP contribution >= 0.6 is 0 Å². The summed E-state index contributed by atoms with van der Waals surface area (Å²) in [5.74, 6) is -2.95. The van der Waals surface area contributed by atoms with Crippen molar-refractivity contribution in [2.24, 2.45) is 11.5 Å². The maximum Gasteiger partial charge on any atom is 0.326 e. The Bertz CT molecular complexity index is 570. The minimum atomic E-state index is -1.28. The molecule has 0 aliphatic carbocycles. The zero-order valence-corrected chi connectivity index (χ0v) is 16.1. The number of aliphatic hydroxyl groups excluding tert-OH is 1. The predicted octanol–water partition coefficient (Wildman–Crippen LogP) is -2.50. The van der Waals surface area contributed by atoms with Gasteiger partial charge in [0.05, 0.1) is 12.6 Å². The van der Waals surface area contributed by atoms with E-state index in [1.54, 1.807) is 0 Å². The lowest BCUT2D eigenvalue weighted by molar-refractivity contribution is -0.149. The number of aliphatic hydroxyl groups is 1. The average Bonchev–Trinajstić information content (AvgIpc) is 3.14. The van der Waals surface area contributed by atoms with Gasteiger partial charge >= 0.3 is 5.97 Å². The molecule has 1 fully saturated rings. The van der Waals surface area contributed by atoms with Crippen molar-refractivity contribution in [1.29, 1.82) is 0 Å². The molecule has 4 atom stereocenters. The highest BCUT2D eigenvalue weighted by molar-refractivity contribution is 5.94. The van der Waals surface area contributed by atoms with Crippen molar-refractivity contribution in [3.63, 3.8) is 0 Å². The molecule has 1 aliphatic rings. The predicted molar refractivity (Wildman–Crippen MR) is 99.9 cm³/mol. The Morgan fingerprint density at radius 2 is 1.86 bits per heavy atom. The molecule has 1 aliphatic heterocycles. The number of carbonyl (C=O) groups excluding carboxylic acids is 3. The first-order chi connectivity index (χ1) is 13.2. The lowest BCUT2D eigenvalue weighted by Gasteiger charge is -2.29. The molecule has 0 saturated carbocycles. The summed E-state index contributed by atoms with van der Waals surface area (Å²) in [4.78, 5) is 49.6. The van der Waals surface area contributed by atoms with Crippen LogP contribution in [0.1, 0.15) is 39.0 Å². The van der Waals surface area contributed by atoms with Gasteiger partial charge in [-0.05, 0) is 45.6 Å². The van der Waals surface area contributed by atoms with Crippen LogP contribution in [0.15, 0.2) is 0 Å². The first-order valence-corrected chi connectivity index (χ1v) is 9.44. The zero-order chi connectivity index (χ0) is 21.3. The number of carboxylic acids is 1. The highest BCUT2D eigenvalue weighted by atomic mass is 16.4. The van der Waals surface area contributed by atoms with E-state index in [1.807, 2.05) is 0 Å². The van der Waals surface area contributed by atoms with Crippen LogP contribution in [0.4, 0.5) is 0 Å². The quantitative estimate of drug-likeness (QED) is 0.205. The van der Waals surface area contributed by atoms with Crippen molar-refractivity contribution >= 4 is 23.7 Å². The van der Waals surface area contributed by atoms with E-state index in [0.717, 1.165) is 0 Å². The van der Waals surface area contributed by atoms with E-state index in [1.165, 1.54) is 11.8 Å². The van der Waals surface area contributed by atoms with Crippen molar-refractivity contribution < 1.29 is 29.4 Å². The molecule has 1 heterocycles. The van der Waals surface area contributed by atoms with Crippen LogP contribution in [0.2, 0.25) is 0 Å². The third-order valence-electron chi connectivity index (χ3n) is 4.65. The van der Waals surface area contributed by atoms with Crippen molar-refractivity contribution in [2.45, 2.75) is 63.3 Å². The number of rotatable bonds is 11. The van der Waals surface area contributed by atoms with Gasteiger partial charge in [0.2, 0.25) is 17.7 Å². The van der Waals surface area contributed by atoms with Crippen LogP contribution < -0.4 is 22.1 Å². The lowest BCUT2D eigenvalue weighted by Crippen LogP contribution is -2.58. The molecule has 8 N–H and O–H groups in total. The van der Waals surface area contributed by atoms with Gasteiger partial charge in [0.15, 0.2) is 0 Å². The van der Waals surface area contributed by atoms with Gasteiger partial charge in [-0.2, -0.15) is 0 Å². The number of likely N-dealkylation sites (tertiary alicyclic amines) is 1. The minimum absolute atomic E-state index is 0.266. The number of amides is 3. The summed E-state index contributed by atoms with van der Waals surface area (Å²) in [6, 6.07) is -3.18. The second-order valence-corrected chi connectivity index (χ2v) is 6.86. The summed E-state index contributed by atoms with van der Waals surface area (Å²) in [5.41, 5.74) is 10.7. The molecule has 4 unspecified atom stereocenters. The van der Waals surface area contributed by atoms with E-state index in [4.69, 9.17) is 11.5 Å². The topological polar surface area (TPSA) is 188 Å². The number of nitrogens with two attached hydrogens (primary N) is 2. The van der Waals surface area contributed by atoms with Crippen LogP contribution in [-0.2, 0) is 19.2 Å². The molecule has 0 bridgehead atoms. The van der Waals surface area contributed by atoms with Gasteiger partial charge < -0.3 is 37.2 Å². The van der Waals surface area contributed by atoms with Crippen molar-refractivity contribution in [1.82, 2.24) is 15.5 Å². The van der Waals surface area contributed by atoms with Crippen LogP contribution in [-0.4, -0.2) is 82.7 Å². The molecule has 11 nitrogen and oxygen atoms in total. The molecule has 28 heavy (non-hydrogen) atoms. The Kier molecular flexibility index (Phi) is 9.83. The summed E-state index contributed by atoms with van der Waals surface area (Å²) in [6.45, 7) is 1.68. The molecule has 1 saturated heterocycles. The molecule has 1 rings (SSSR count). The summed E-state index contributed by atoms with van der Waals surface area (Å²) in [5, 5.41) is 24.0. The number of nitrogens with zero attached hydrogens (tertiary/aromatic N) is 1. The number of hydrogen-bond acceptors (Lipinski definition) is 7. The Hall–Kier alpha value is -2.24. The number of hydrogen-bond donors (Lipinski definition) is 6.